The molecule has 0 radical (unpaired) electrons. The smallest absolute Gasteiger partial charge is 0.253 e. The zero-order valence-electron chi connectivity index (χ0n) is 13.7. The average molecular weight is 368 g/mol. The Hall–Kier alpha value is -1.85. The van der Waals surface area contributed by atoms with Crippen molar-refractivity contribution in [3.05, 3.63) is 10.0 Å². The molecule has 3 heterocycles. The summed E-state index contributed by atoms with van der Waals surface area (Å²) in [6.07, 6.45) is 2.05. The zero-order chi connectivity index (χ0) is 17.6. The van der Waals surface area contributed by atoms with Crippen LogP contribution in [-0.4, -0.2) is 58.8 Å². The summed E-state index contributed by atoms with van der Waals surface area (Å²) in [4.78, 5) is 34.9. The van der Waals surface area contributed by atoms with Crippen molar-refractivity contribution in [2.24, 2.45) is 0 Å². The predicted molar refractivity (Wildman–Crippen MR) is 90.9 cm³/mol. The van der Waals surface area contributed by atoms with Gasteiger partial charge < -0.3 is 9.80 Å². The van der Waals surface area contributed by atoms with Crippen LogP contribution in [-0.2, 0) is 15.0 Å². The Balaban J connectivity index is 1.91. The van der Waals surface area contributed by atoms with Gasteiger partial charge in [0.25, 0.3) is 5.91 Å². The van der Waals surface area contributed by atoms with Gasteiger partial charge in [0.15, 0.2) is 11.3 Å². The molecule has 0 spiro atoms. The first-order valence-corrected chi connectivity index (χ1v) is 8.84. The van der Waals surface area contributed by atoms with Crippen molar-refractivity contribution < 1.29 is 9.59 Å². The first kappa shape index (κ1) is 17.0. The maximum Gasteiger partial charge on any atom is 0.253 e. The van der Waals surface area contributed by atoms with Crippen molar-refractivity contribution in [3.63, 3.8) is 0 Å². The highest BCUT2D eigenvalue weighted by Gasteiger charge is 2.44. The van der Waals surface area contributed by atoms with Crippen molar-refractivity contribution in [3.8, 4) is 6.19 Å². The molecular formula is C15H18ClN5O2S. The summed E-state index contributed by atoms with van der Waals surface area (Å²) < 4.78 is 0. The first-order chi connectivity index (χ1) is 11.2. The number of nitrogens with zero attached hydrogens (tertiary/aromatic N) is 5. The van der Waals surface area contributed by atoms with E-state index in [-0.39, 0.29) is 30.3 Å². The van der Waals surface area contributed by atoms with E-state index in [9.17, 15) is 9.59 Å². The fourth-order valence-corrected chi connectivity index (χ4v) is 4.45. The van der Waals surface area contributed by atoms with E-state index in [1.807, 2.05) is 20.8 Å². The van der Waals surface area contributed by atoms with Crippen LogP contribution < -0.4 is 4.90 Å². The van der Waals surface area contributed by atoms with Crippen LogP contribution in [0.5, 0.6) is 0 Å². The normalized spacial score (nSPS) is 21.8. The van der Waals surface area contributed by atoms with Gasteiger partial charge in [-0.3, -0.25) is 14.5 Å². The second-order valence-electron chi connectivity index (χ2n) is 6.94. The molecule has 2 aliphatic rings. The van der Waals surface area contributed by atoms with Crippen LogP contribution in [0.4, 0.5) is 5.13 Å². The number of carbonyl (C=O) groups excluding carboxylic acids is 2. The molecule has 0 N–H and O–H groups in total. The number of nitriles is 1. The molecule has 128 valence electrons. The standard InChI is InChI=1S/C15H18ClN5O2S/c1-15(2,3)11-12(16)18-14(24-11)21-7-10(22)20-5-4-19(8-17)6-9(20)13(21)23/h9H,4-7H2,1-3H3. The van der Waals surface area contributed by atoms with E-state index in [0.717, 1.165) is 4.88 Å². The Kier molecular flexibility index (Phi) is 4.18. The molecule has 0 bridgehead atoms. The molecule has 1 aromatic rings. The lowest BCUT2D eigenvalue weighted by Crippen LogP contribution is -2.66. The van der Waals surface area contributed by atoms with Gasteiger partial charge in [-0.25, -0.2) is 4.98 Å². The van der Waals surface area contributed by atoms with Crippen molar-refractivity contribution in [1.82, 2.24) is 14.8 Å². The quantitative estimate of drug-likeness (QED) is 0.701. The summed E-state index contributed by atoms with van der Waals surface area (Å²) in [7, 11) is 0. The minimum absolute atomic E-state index is 0.0324. The molecule has 1 unspecified atom stereocenters. The number of fused-ring (bicyclic) bond motifs is 1. The Morgan fingerprint density at radius 1 is 1.33 bits per heavy atom. The van der Waals surface area contributed by atoms with Crippen LogP contribution in [0.2, 0.25) is 5.15 Å². The second-order valence-corrected chi connectivity index (χ2v) is 8.28. The number of amides is 2. The van der Waals surface area contributed by atoms with Gasteiger partial charge in [0.2, 0.25) is 5.91 Å². The van der Waals surface area contributed by atoms with Crippen LogP contribution in [0, 0.1) is 11.5 Å². The van der Waals surface area contributed by atoms with Gasteiger partial charge in [0.05, 0.1) is 11.4 Å². The molecule has 0 aromatic carbocycles. The fourth-order valence-electron chi connectivity index (χ4n) is 2.90. The summed E-state index contributed by atoms with van der Waals surface area (Å²) in [6.45, 7) is 7.11. The Morgan fingerprint density at radius 2 is 2.04 bits per heavy atom. The minimum Gasteiger partial charge on any atom is -0.325 e. The third kappa shape index (κ3) is 2.82. The average Bonchev–Trinajstić information content (AvgIpc) is 2.92. The van der Waals surface area contributed by atoms with Crippen molar-refractivity contribution >= 4 is 39.9 Å². The van der Waals surface area contributed by atoms with Crippen molar-refractivity contribution in [1.29, 1.82) is 5.26 Å². The van der Waals surface area contributed by atoms with Crippen LogP contribution in [0.15, 0.2) is 0 Å². The minimum atomic E-state index is -0.639. The lowest BCUT2D eigenvalue weighted by Gasteiger charge is -2.43. The second kappa shape index (κ2) is 5.90. The molecule has 0 saturated carbocycles. The van der Waals surface area contributed by atoms with Crippen LogP contribution >= 0.6 is 22.9 Å². The molecule has 1 atom stereocenters. The maximum absolute atomic E-state index is 12.9. The molecule has 7 nitrogen and oxygen atoms in total. The highest BCUT2D eigenvalue weighted by Crippen LogP contribution is 2.39. The van der Waals surface area contributed by atoms with Gasteiger partial charge >= 0.3 is 0 Å². The van der Waals surface area contributed by atoms with Crippen LogP contribution in [0.1, 0.15) is 25.6 Å². The van der Waals surface area contributed by atoms with Gasteiger partial charge in [-0.15, -0.1) is 0 Å². The molecule has 24 heavy (non-hydrogen) atoms. The molecular weight excluding hydrogens is 350 g/mol. The monoisotopic (exact) mass is 367 g/mol. The number of anilines is 1. The number of hydrogen-bond donors (Lipinski definition) is 0. The number of aromatic nitrogens is 1. The van der Waals surface area contributed by atoms with E-state index in [0.29, 0.717) is 23.4 Å². The first-order valence-electron chi connectivity index (χ1n) is 7.64. The molecule has 0 aliphatic carbocycles. The van der Waals surface area contributed by atoms with Crippen molar-refractivity contribution in [2.75, 3.05) is 31.1 Å². The van der Waals surface area contributed by atoms with Gasteiger partial charge in [0.1, 0.15) is 17.7 Å². The number of thiazole rings is 1. The van der Waals surface area contributed by atoms with Crippen molar-refractivity contribution in [2.45, 2.75) is 32.2 Å². The van der Waals surface area contributed by atoms with E-state index >= 15 is 0 Å². The van der Waals surface area contributed by atoms with Gasteiger partial charge in [0, 0.05) is 13.1 Å². The summed E-state index contributed by atoms with van der Waals surface area (Å²) in [5.41, 5.74) is -0.190. The maximum atomic E-state index is 12.9. The van der Waals surface area contributed by atoms with E-state index in [2.05, 4.69) is 11.2 Å². The number of carbonyl (C=O) groups is 2. The molecule has 9 heteroatoms. The summed E-state index contributed by atoms with van der Waals surface area (Å²) in [5.74, 6) is -0.332. The summed E-state index contributed by atoms with van der Waals surface area (Å²) in [5, 5.41) is 9.88. The molecule has 2 fully saturated rings. The topological polar surface area (TPSA) is 80.5 Å². The third-order valence-electron chi connectivity index (χ3n) is 4.17. The van der Waals surface area contributed by atoms with Gasteiger partial charge in [-0.1, -0.05) is 43.7 Å². The molecule has 2 amide bonds. The van der Waals surface area contributed by atoms with E-state index in [1.54, 1.807) is 4.90 Å². The predicted octanol–water partition coefficient (Wildman–Crippen LogP) is 1.43. The highest BCUT2D eigenvalue weighted by molar-refractivity contribution is 7.16. The van der Waals surface area contributed by atoms with E-state index in [4.69, 9.17) is 16.9 Å². The SMILES string of the molecule is CC(C)(C)c1sc(N2CC(=O)N3CCN(C#N)CC3C2=O)nc1Cl. The Morgan fingerprint density at radius 3 is 2.62 bits per heavy atom. The molecule has 2 aliphatic heterocycles. The van der Waals surface area contributed by atoms with Crippen LogP contribution in [0.25, 0.3) is 0 Å². The van der Waals surface area contributed by atoms with E-state index < -0.39 is 6.04 Å². The van der Waals surface area contributed by atoms with Gasteiger partial charge in [-0.2, -0.15) is 5.26 Å². The molecule has 1 aromatic heterocycles. The summed E-state index contributed by atoms with van der Waals surface area (Å²) in [6, 6.07) is -0.639. The zero-order valence-corrected chi connectivity index (χ0v) is 15.3. The largest absolute Gasteiger partial charge is 0.325 e. The van der Waals surface area contributed by atoms with Gasteiger partial charge in [-0.05, 0) is 5.41 Å². The highest BCUT2D eigenvalue weighted by atomic mass is 35.5. The number of hydrogen-bond acceptors (Lipinski definition) is 6. The number of rotatable bonds is 1. The third-order valence-corrected chi connectivity index (χ3v) is 6.06. The van der Waals surface area contributed by atoms with Crippen LogP contribution in [0.3, 0.4) is 0 Å². The molecule has 3 rings (SSSR count). The number of halogens is 1. The van der Waals surface area contributed by atoms with E-state index in [1.165, 1.54) is 21.1 Å². The lowest BCUT2D eigenvalue weighted by atomic mass is 9.95. The number of piperazine rings is 2. The lowest BCUT2D eigenvalue weighted by molar-refractivity contribution is -0.145. The fraction of sp³-hybridized carbons (Fsp3) is 0.600. The Labute approximate surface area is 149 Å². The Bertz CT molecular complexity index is 735. The summed E-state index contributed by atoms with van der Waals surface area (Å²) >= 11 is 7.57. The molecule has 2 saturated heterocycles.